The Morgan fingerprint density at radius 1 is 1.24 bits per heavy atom. The number of nitrogens with one attached hydrogen (secondary N) is 2. The fourth-order valence-electron chi connectivity index (χ4n) is 3.26. The molecule has 7 heteroatoms. The van der Waals surface area contributed by atoms with Gasteiger partial charge in [0.25, 0.3) is 0 Å². The van der Waals surface area contributed by atoms with Crippen LogP contribution in [0.4, 0.5) is 10.5 Å². The van der Waals surface area contributed by atoms with E-state index in [-0.39, 0.29) is 17.8 Å². The van der Waals surface area contributed by atoms with Crippen molar-refractivity contribution in [1.82, 2.24) is 15.1 Å². The Balaban J connectivity index is 1.68. The number of anilines is 1. The van der Waals surface area contributed by atoms with Crippen LogP contribution < -0.4 is 10.6 Å². The van der Waals surface area contributed by atoms with E-state index in [9.17, 15) is 14.4 Å². The molecule has 1 aromatic carbocycles. The molecule has 0 bridgehead atoms. The molecule has 2 N–H and O–H groups in total. The lowest BCUT2D eigenvalue weighted by Crippen LogP contribution is -2.47. The molecule has 25 heavy (non-hydrogen) atoms. The van der Waals surface area contributed by atoms with Crippen LogP contribution in [0.2, 0.25) is 0 Å². The third-order valence-corrected chi connectivity index (χ3v) is 4.79. The SMILES string of the molecule is CC(C(=O)Nc1ccccc1CN1CCNC1=O)N1CCCCC1=O. The second-order valence-corrected chi connectivity index (χ2v) is 6.52. The van der Waals surface area contributed by atoms with E-state index in [1.54, 1.807) is 16.7 Å². The van der Waals surface area contributed by atoms with E-state index in [0.717, 1.165) is 18.4 Å². The summed E-state index contributed by atoms with van der Waals surface area (Å²) in [6, 6.07) is 6.87. The maximum atomic E-state index is 12.6. The van der Waals surface area contributed by atoms with E-state index in [0.29, 0.717) is 38.3 Å². The maximum absolute atomic E-state index is 12.6. The molecule has 2 saturated heterocycles. The van der Waals surface area contributed by atoms with Gasteiger partial charge in [-0.15, -0.1) is 0 Å². The number of rotatable bonds is 5. The van der Waals surface area contributed by atoms with Gasteiger partial charge in [-0.3, -0.25) is 9.59 Å². The zero-order valence-corrected chi connectivity index (χ0v) is 14.5. The highest BCUT2D eigenvalue weighted by Gasteiger charge is 2.28. The predicted molar refractivity (Wildman–Crippen MR) is 93.9 cm³/mol. The van der Waals surface area contributed by atoms with Gasteiger partial charge >= 0.3 is 6.03 Å². The Bertz CT molecular complexity index is 676. The first-order valence-corrected chi connectivity index (χ1v) is 8.77. The molecule has 0 aliphatic carbocycles. The summed E-state index contributed by atoms with van der Waals surface area (Å²) in [5.74, 6) is -0.163. The highest BCUT2D eigenvalue weighted by molar-refractivity contribution is 5.97. The molecule has 1 atom stereocenters. The molecular formula is C18H24N4O3. The van der Waals surface area contributed by atoms with Crippen molar-refractivity contribution < 1.29 is 14.4 Å². The van der Waals surface area contributed by atoms with Crippen molar-refractivity contribution in [2.75, 3.05) is 25.0 Å². The molecule has 2 aliphatic heterocycles. The minimum Gasteiger partial charge on any atom is -0.336 e. The molecular weight excluding hydrogens is 320 g/mol. The molecule has 1 unspecified atom stereocenters. The lowest BCUT2D eigenvalue weighted by atomic mass is 10.1. The number of piperidine rings is 1. The van der Waals surface area contributed by atoms with Gasteiger partial charge in [0, 0.05) is 38.3 Å². The van der Waals surface area contributed by atoms with Crippen LogP contribution in [0, 0.1) is 0 Å². The molecule has 2 fully saturated rings. The molecule has 0 aromatic heterocycles. The van der Waals surface area contributed by atoms with Crippen molar-refractivity contribution in [3.8, 4) is 0 Å². The zero-order valence-electron chi connectivity index (χ0n) is 14.5. The van der Waals surface area contributed by atoms with Crippen molar-refractivity contribution in [3.05, 3.63) is 29.8 Å². The predicted octanol–water partition coefficient (Wildman–Crippen LogP) is 1.55. The standard InChI is InChI=1S/C18H24N4O3/c1-13(22-10-5-4-8-16(22)23)17(24)20-15-7-3-2-6-14(15)12-21-11-9-19-18(21)25/h2-3,6-7,13H,4-5,8-12H2,1H3,(H,19,25)(H,20,24). The van der Waals surface area contributed by atoms with Crippen LogP contribution in [0.5, 0.6) is 0 Å². The first kappa shape index (κ1) is 17.3. The average Bonchev–Trinajstić information content (AvgIpc) is 3.01. The van der Waals surface area contributed by atoms with E-state index in [4.69, 9.17) is 0 Å². The summed E-state index contributed by atoms with van der Waals surface area (Å²) in [6.45, 7) is 4.12. The summed E-state index contributed by atoms with van der Waals surface area (Å²) in [6.07, 6.45) is 2.34. The Morgan fingerprint density at radius 3 is 2.76 bits per heavy atom. The van der Waals surface area contributed by atoms with E-state index in [2.05, 4.69) is 10.6 Å². The number of hydrogen-bond donors (Lipinski definition) is 2. The van der Waals surface area contributed by atoms with Crippen LogP contribution in [0.25, 0.3) is 0 Å². The minimum atomic E-state index is -0.504. The summed E-state index contributed by atoms with van der Waals surface area (Å²) in [5, 5.41) is 5.70. The number of amides is 4. The van der Waals surface area contributed by atoms with Gasteiger partial charge in [0.1, 0.15) is 6.04 Å². The molecule has 0 radical (unpaired) electrons. The average molecular weight is 344 g/mol. The Kier molecular flexibility index (Phi) is 5.21. The molecule has 3 rings (SSSR count). The molecule has 4 amide bonds. The molecule has 0 saturated carbocycles. The Hall–Kier alpha value is -2.57. The molecule has 7 nitrogen and oxygen atoms in total. The molecule has 2 heterocycles. The highest BCUT2D eigenvalue weighted by Crippen LogP contribution is 2.20. The second-order valence-electron chi connectivity index (χ2n) is 6.52. The van der Waals surface area contributed by atoms with E-state index >= 15 is 0 Å². The van der Waals surface area contributed by atoms with Crippen LogP contribution in [0.1, 0.15) is 31.7 Å². The number of likely N-dealkylation sites (tertiary alicyclic amines) is 1. The lowest BCUT2D eigenvalue weighted by Gasteiger charge is -2.31. The van der Waals surface area contributed by atoms with E-state index in [1.165, 1.54) is 0 Å². The van der Waals surface area contributed by atoms with Gasteiger partial charge in [-0.25, -0.2) is 4.79 Å². The van der Waals surface area contributed by atoms with Gasteiger partial charge in [0.2, 0.25) is 11.8 Å². The van der Waals surface area contributed by atoms with Crippen molar-refractivity contribution in [1.29, 1.82) is 0 Å². The smallest absolute Gasteiger partial charge is 0.317 e. The van der Waals surface area contributed by atoms with Crippen LogP contribution in [-0.4, -0.2) is 53.3 Å². The topological polar surface area (TPSA) is 81.8 Å². The minimum absolute atomic E-state index is 0.0379. The quantitative estimate of drug-likeness (QED) is 0.850. The molecule has 134 valence electrons. The second kappa shape index (κ2) is 7.55. The number of urea groups is 1. The van der Waals surface area contributed by atoms with Crippen molar-refractivity contribution in [2.24, 2.45) is 0 Å². The summed E-state index contributed by atoms with van der Waals surface area (Å²) in [7, 11) is 0. The van der Waals surface area contributed by atoms with Crippen molar-refractivity contribution in [2.45, 2.75) is 38.8 Å². The fraction of sp³-hybridized carbons (Fsp3) is 0.500. The number of nitrogens with zero attached hydrogens (tertiary/aromatic N) is 2. The molecule has 0 spiro atoms. The van der Waals surface area contributed by atoms with E-state index in [1.807, 2.05) is 24.3 Å². The van der Waals surface area contributed by atoms with Gasteiger partial charge < -0.3 is 20.4 Å². The van der Waals surface area contributed by atoms with Gasteiger partial charge in [-0.2, -0.15) is 0 Å². The Labute approximate surface area is 147 Å². The highest BCUT2D eigenvalue weighted by atomic mass is 16.2. The lowest BCUT2D eigenvalue weighted by molar-refractivity contribution is -0.140. The van der Waals surface area contributed by atoms with Crippen molar-refractivity contribution >= 4 is 23.5 Å². The number of benzene rings is 1. The maximum Gasteiger partial charge on any atom is 0.317 e. The first-order chi connectivity index (χ1) is 12.1. The summed E-state index contributed by atoms with van der Waals surface area (Å²) >= 11 is 0. The summed E-state index contributed by atoms with van der Waals surface area (Å²) < 4.78 is 0. The van der Waals surface area contributed by atoms with Crippen LogP contribution >= 0.6 is 0 Å². The summed E-state index contributed by atoms with van der Waals surface area (Å²) in [5.41, 5.74) is 1.56. The van der Waals surface area contributed by atoms with E-state index < -0.39 is 6.04 Å². The third kappa shape index (κ3) is 3.92. The number of carbonyl (C=O) groups excluding carboxylic acids is 3. The molecule has 1 aromatic rings. The van der Waals surface area contributed by atoms with Gasteiger partial charge in [0.15, 0.2) is 0 Å². The number of carbonyl (C=O) groups is 3. The number of hydrogen-bond acceptors (Lipinski definition) is 3. The van der Waals surface area contributed by atoms with Gasteiger partial charge in [0.05, 0.1) is 0 Å². The molecule has 2 aliphatic rings. The normalized spacial score (nSPS) is 18.9. The monoisotopic (exact) mass is 344 g/mol. The van der Waals surface area contributed by atoms with Crippen LogP contribution in [-0.2, 0) is 16.1 Å². The van der Waals surface area contributed by atoms with Crippen molar-refractivity contribution in [3.63, 3.8) is 0 Å². The van der Waals surface area contributed by atoms with Crippen LogP contribution in [0.15, 0.2) is 24.3 Å². The van der Waals surface area contributed by atoms with Gasteiger partial charge in [-0.05, 0) is 31.4 Å². The van der Waals surface area contributed by atoms with Gasteiger partial charge in [-0.1, -0.05) is 18.2 Å². The van der Waals surface area contributed by atoms with Crippen LogP contribution in [0.3, 0.4) is 0 Å². The third-order valence-electron chi connectivity index (χ3n) is 4.79. The largest absolute Gasteiger partial charge is 0.336 e. The summed E-state index contributed by atoms with van der Waals surface area (Å²) in [4.78, 5) is 39.7. The first-order valence-electron chi connectivity index (χ1n) is 8.77. The fourth-order valence-corrected chi connectivity index (χ4v) is 3.26. The zero-order chi connectivity index (χ0) is 17.8. The Morgan fingerprint density at radius 2 is 2.04 bits per heavy atom. The number of para-hydroxylation sites is 1.